The maximum atomic E-state index is 11.2. The van der Waals surface area contributed by atoms with Crippen molar-refractivity contribution in [2.45, 2.75) is 6.04 Å². The summed E-state index contributed by atoms with van der Waals surface area (Å²) in [4.78, 5) is 21.6. The molecule has 0 aliphatic carbocycles. The maximum Gasteiger partial charge on any atom is 0.328 e. The third-order valence-corrected chi connectivity index (χ3v) is 1.43. The largest absolute Gasteiger partial charge is 0.480 e. The molecular weight excluding hydrogens is 192 g/mol. The van der Waals surface area contributed by atoms with Gasteiger partial charge in [0.05, 0.1) is 12.8 Å². The van der Waals surface area contributed by atoms with Crippen molar-refractivity contribution in [2.75, 3.05) is 6.61 Å². The summed E-state index contributed by atoms with van der Waals surface area (Å²) in [6.45, 7) is -0.682. The van der Waals surface area contributed by atoms with Gasteiger partial charge in [0.15, 0.2) is 11.7 Å². The summed E-state index contributed by atoms with van der Waals surface area (Å²) >= 11 is 0. The lowest BCUT2D eigenvalue weighted by Gasteiger charge is -2.09. The van der Waals surface area contributed by atoms with Crippen molar-refractivity contribution in [1.82, 2.24) is 20.7 Å². The number of H-pyrrole nitrogens is 1. The number of nitrogens with zero attached hydrogens (tertiary/aromatic N) is 2. The van der Waals surface area contributed by atoms with E-state index in [1.165, 1.54) is 0 Å². The fraction of sp³-hybridized carbons (Fsp3) is 0.333. The SMILES string of the molecule is O=C(N[C@@H](CO)C(=O)O)c1cn[nH]n1. The van der Waals surface area contributed by atoms with Crippen LogP contribution in [0.25, 0.3) is 0 Å². The van der Waals surface area contributed by atoms with E-state index in [-0.39, 0.29) is 5.69 Å². The van der Waals surface area contributed by atoms with Crippen molar-refractivity contribution in [3.05, 3.63) is 11.9 Å². The summed E-state index contributed by atoms with van der Waals surface area (Å²) < 4.78 is 0. The highest BCUT2D eigenvalue weighted by molar-refractivity contribution is 5.94. The van der Waals surface area contributed by atoms with Crippen molar-refractivity contribution in [2.24, 2.45) is 0 Å². The monoisotopic (exact) mass is 200 g/mol. The molecule has 0 aromatic carbocycles. The summed E-state index contributed by atoms with van der Waals surface area (Å²) in [7, 11) is 0. The van der Waals surface area contributed by atoms with E-state index in [9.17, 15) is 9.59 Å². The number of nitrogens with one attached hydrogen (secondary N) is 2. The molecule has 0 unspecified atom stereocenters. The molecule has 0 saturated carbocycles. The first-order chi connectivity index (χ1) is 6.65. The number of carboxylic acid groups (broad SMARTS) is 1. The molecule has 1 heterocycles. The van der Waals surface area contributed by atoms with Crippen LogP contribution in [0.3, 0.4) is 0 Å². The molecule has 1 atom stereocenters. The number of carbonyl (C=O) groups excluding carboxylic acids is 1. The van der Waals surface area contributed by atoms with Gasteiger partial charge in [-0.1, -0.05) is 0 Å². The number of carbonyl (C=O) groups is 2. The van der Waals surface area contributed by atoms with Crippen molar-refractivity contribution < 1.29 is 19.8 Å². The van der Waals surface area contributed by atoms with Crippen LogP contribution < -0.4 is 5.32 Å². The number of aliphatic hydroxyl groups excluding tert-OH is 1. The van der Waals surface area contributed by atoms with Gasteiger partial charge in [-0.2, -0.15) is 15.4 Å². The lowest BCUT2D eigenvalue weighted by molar-refractivity contribution is -0.140. The molecule has 8 heteroatoms. The molecule has 8 nitrogen and oxygen atoms in total. The van der Waals surface area contributed by atoms with E-state index >= 15 is 0 Å². The fourth-order valence-electron chi connectivity index (χ4n) is 0.729. The second-order valence-corrected chi connectivity index (χ2v) is 2.40. The molecule has 0 aliphatic heterocycles. The van der Waals surface area contributed by atoms with Crippen LogP contribution >= 0.6 is 0 Å². The minimum atomic E-state index is -1.33. The highest BCUT2D eigenvalue weighted by atomic mass is 16.4. The van der Waals surface area contributed by atoms with Gasteiger partial charge in [-0.25, -0.2) is 4.79 Å². The Kier molecular flexibility index (Phi) is 3.13. The number of rotatable bonds is 4. The molecule has 0 aliphatic rings. The zero-order valence-electron chi connectivity index (χ0n) is 6.97. The number of amides is 1. The Morgan fingerprint density at radius 2 is 2.36 bits per heavy atom. The van der Waals surface area contributed by atoms with E-state index in [0.717, 1.165) is 6.20 Å². The number of carboxylic acids is 1. The molecule has 4 N–H and O–H groups in total. The molecule has 0 saturated heterocycles. The van der Waals surface area contributed by atoms with Crippen LogP contribution in [-0.2, 0) is 4.79 Å². The van der Waals surface area contributed by atoms with Crippen LogP contribution in [0.1, 0.15) is 10.5 Å². The van der Waals surface area contributed by atoms with Gasteiger partial charge in [0.1, 0.15) is 0 Å². The summed E-state index contributed by atoms with van der Waals surface area (Å²) in [6.07, 6.45) is 1.14. The summed E-state index contributed by atoms with van der Waals surface area (Å²) in [5.74, 6) is -2.02. The first-order valence-electron chi connectivity index (χ1n) is 3.65. The van der Waals surface area contributed by atoms with Crippen LogP contribution in [0.4, 0.5) is 0 Å². The van der Waals surface area contributed by atoms with Gasteiger partial charge in [0.2, 0.25) is 0 Å². The van der Waals surface area contributed by atoms with E-state index in [1.807, 2.05) is 0 Å². The second kappa shape index (κ2) is 4.33. The van der Waals surface area contributed by atoms with Crippen molar-refractivity contribution in [3.8, 4) is 0 Å². The average molecular weight is 200 g/mol. The van der Waals surface area contributed by atoms with Gasteiger partial charge in [-0.05, 0) is 0 Å². The van der Waals surface area contributed by atoms with Crippen molar-refractivity contribution >= 4 is 11.9 Å². The number of aliphatic hydroxyl groups is 1. The smallest absolute Gasteiger partial charge is 0.328 e. The van der Waals surface area contributed by atoms with Crippen molar-refractivity contribution in [3.63, 3.8) is 0 Å². The molecule has 1 rings (SSSR count). The molecule has 1 aromatic rings. The van der Waals surface area contributed by atoms with Gasteiger partial charge in [0.25, 0.3) is 5.91 Å². The lowest BCUT2D eigenvalue weighted by Crippen LogP contribution is -2.43. The van der Waals surface area contributed by atoms with Crippen LogP contribution in [0.15, 0.2) is 6.20 Å². The minimum absolute atomic E-state index is 0.0373. The average Bonchev–Trinajstić information content (AvgIpc) is 2.65. The summed E-state index contributed by atoms with van der Waals surface area (Å²) in [6, 6.07) is -1.33. The van der Waals surface area contributed by atoms with Gasteiger partial charge in [0, 0.05) is 0 Å². The van der Waals surface area contributed by atoms with Crippen LogP contribution in [-0.4, -0.2) is 50.1 Å². The molecule has 1 amide bonds. The topological polar surface area (TPSA) is 128 Å². The Hall–Kier alpha value is -1.96. The molecule has 76 valence electrons. The van der Waals surface area contributed by atoms with E-state index in [2.05, 4.69) is 20.7 Å². The number of aromatic nitrogens is 3. The maximum absolute atomic E-state index is 11.2. The van der Waals surface area contributed by atoms with E-state index in [4.69, 9.17) is 10.2 Å². The zero-order valence-corrected chi connectivity index (χ0v) is 6.97. The van der Waals surface area contributed by atoms with Gasteiger partial charge < -0.3 is 15.5 Å². The Bertz CT molecular complexity index is 323. The lowest BCUT2D eigenvalue weighted by atomic mass is 10.3. The first-order valence-corrected chi connectivity index (χ1v) is 3.65. The highest BCUT2D eigenvalue weighted by Crippen LogP contribution is 1.90. The summed E-state index contributed by atoms with van der Waals surface area (Å²) in [5.41, 5.74) is -0.0373. The summed E-state index contributed by atoms with van der Waals surface area (Å²) in [5, 5.41) is 28.2. The number of aromatic amines is 1. The molecule has 14 heavy (non-hydrogen) atoms. The van der Waals surface area contributed by atoms with E-state index in [1.54, 1.807) is 0 Å². The van der Waals surface area contributed by atoms with Crippen LogP contribution in [0.5, 0.6) is 0 Å². The number of hydrogen-bond donors (Lipinski definition) is 4. The van der Waals surface area contributed by atoms with Crippen LogP contribution in [0, 0.1) is 0 Å². The molecule has 0 radical (unpaired) electrons. The highest BCUT2D eigenvalue weighted by Gasteiger charge is 2.20. The normalized spacial score (nSPS) is 12.1. The molecule has 0 fully saturated rings. The first kappa shape index (κ1) is 10.1. The number of hydrogen-bond acceptors (Lipinski definition) is 5. The number of aliphatic carboxylic acids is 1. The Balaban J connectivity index is 2.60. The predicted octanol–water partition coefficient (Wildman–Crippen LogP) is -2.02. The predicted molar refractivity (Wildman–Crippen MR) is 42.4 cm³/mol. The molecular formula is C6H8N4O4. The molecule has 1 aromatic heterocycles. The van der Waals surface area contributed by atoms with Gasteiger partial charge in [-0.3, -0.25) is 4.79 Å². The third-order valence-electron chi connectivity index (χ3n) is 1.43. The quantitative estimate of drug-likeness (QED) is 0.444. The standard InChI is InChI=1S/C6H8N4O4/c11-2-4(6(13)14)8-5(12)3-1-7-10-9-3/h1,4,11H,2H2,(H,8,12)(H,13,14)(H,7,9,10)/t4-/m0/s1. The Labute approximate surface area is 77.9 Å². The molecule has 0 spiro atoms. The van der Waals surface area contributed by atoms with Gasteiger partial charge in [-0.15, -0.1) is 0 Å². The second-order valence-electron chi connectivity index (χ2n) is 2.40. The van der Waals surface area contributed by atoms with Crippen molar-refractivity contribution in [1.29, 1.82) is 0 Å². The Morgan fingerprint density at radius 3 is 2.79 bits per heavy atom. The van der Waals surface area contributed by atoms with Gasteiger partial charge >= 0.3 is 5.97 Å². The van der Waals surface area contributed by atoms with E-state index < -0.39 is 24.5 Å². The molecule has 0 bridgehead atoms. The fourth-order valence-corrected chi connectivity index (χ4v) is 0.729. The van der Waals surface area contributed by atoms with Crippen LogP contribution in [0.2, 0.25) is 0 Å². The van der Waals surface area contributed by atoms with E-state index in [0.29, 0.717) is 0 Å². The third kappa shape index (κ3) is 2.26. The Morgan fingerprint density at radius 1 is 1.64 bits per heavy atom. The zero-order chi connectivity index (χ0) is 10.6. The minimum Gasteiger partial charge on any atom is -0.480 e.